The molecule has 0 aliphatic heterocycles. The fraction of sp³-hybridized carbons (Fsp3) is 0.304. The molecular formula is C23H25N3O3. The molecule has 4 rings (SSSR count). The molecule has 0 spiro atoms. The van der Waals surface area contributed by atoms with Gasteiger partial charge in [-0.1, -0.05) is 18.2 Å². The van der Waals surface area contributed by atoms with Crippen LogP contribution in [0.5, 0.6) is 11.5 Å². The van der Waals surface area contributed by atoms with Gasteiger partial charge in [-0.15, -0.1) is 0 Å². The fourth-order valence-corrected chi connectivity index (χ4v) is 4.06. The SMILES string of the molecule is COc1cc(C=NNC(=O)CCn2c3c(c4ccccc42)CCCC3)ccc1O. The molecule has 0 saturated carbocycles. The molecule has 0 radical (unpaired) electrons. The second-order valence-electron chi connectivity index (χ2n) is 7.28. The van der Waals surface area contributed by atoms with Gasteiger partial charge in [-0.05, 0) is 61.1 Å². The number of carbonyl (C=O) groups excluding carboxylic acids is 1. The number of aromatic hydroxyl groups is 1. The molecule has 0 fully saturated rings. The summed E-state index contributed by atoms with van der Waals surface area (Å²) in [6.45, 7) is 0.643. The zero-order valence-corrected chi connectivity index (χ0v) is 16.5. The van der Waals surface area contributed by atoms with Crippen LogP contribution < -0.4 is 10.2 Å². The Morgan fingerprint density at radius 1 is 1.24 bits per heavy atom. The second kappa shape index (κ2) is 8.39. The van der Waals surface area contributed by atoms with E-state index in [-0.39, 0.29) is 11.7 Å². The van der Waals surface area contributed by atoms with E-state index in [1.54, 1.807) is 12.1 Å². The lowest BCUT2D eigenvalue weighted by molar-refractivity contribution is -0.121. The highest BCUT2D eigenvalue weighted by atomic mass is 16.5. The molecule has 0 unspecified atom stereocenters. The number of hydrogen-bond donors (Lipinski definition) is 2. The number of ether oxygens (including phenoxy) is 1. The molecule has 150 valence electrons. The summed E-state index contributed by atoms with van der Waals surface area (Å²) in [6, 6.07) is 13.4. The number of hydrazone groups is 1. The van der Waals surface area contributed by atoms with Gasteiger partial charge in [0, 0.05) is 29.6 Å². The van der Waals surface area contributed by atoms with Gasteiger partial charge in [0.2, 0.25) is 5.91 Å². The molecule has 6 heteroatoms. The topological polar surface area (TPSA) is 75.8 Å². The summed E-state index contributed by atoms with van der Waals surface area (Å²) < 4.78 is 7.38. The Morgan fingerprint density at radius 3 is 2.93 bits per heavy atom. The number of amides is 1. The molecule has 6 nitrogen and oxygen atoms in total. The number of aromatic nitrogens is 1. The Morgan fingerprint density at radius 2 is 2.07 bits per heavy atom. The van der Waals surface area contributed by atoms with Crippen LogP contribution in [0.1, 0.15) is 36.1 Å². The van der Waals surface area contributed by atoms with Crippen molar-refractivity contribution >= 4 is 23.0 Å². The van der Waals surface area contributed by atoms with Crippen molar-refractivity contribution < 1.29 is 14.6 Å². The number of phenols is 1. The van der Waals surface area contributed by atoms with Crippen molar-refractivity contribution in [3.05, 3.63) is 59.3 Å². The number of para-hydroxylation sites is 1. The van der Waals surface area contributed by atoms with E-state index < -0.39 is 0 Å². The lowest BCUT2D eigenvalue weighted by Crippen LogP contribution is -2.20. The first-order chi connectivity index (χ1) is 14.2. The van der Waals surface area contributed by atoms with Gasteiger partial charge in [-0.25, -0.2) is 5.43 Å². The number of carbonyl (C=O) groups is 1. The molecule has 1 aliphatic rings. The molecule has 0 atom stereocenters. The maximum Gasteiger partial charge on any atom is 0.241 e. The molecule has 0 bridgehead atoms. The van der Waals surface area contributed by atoms with Crippen molar-refractivity contribution in [2.24, 2.45) is 5.10 Å². The summed E-state index contributed by atoms with van der Waals surface area (Å²) in [7, 11) is 1.49. The number of rotatable bonds is 6. The van der Waals surface area contributed by atoms with Crippen LogP contribution >= 0.6 is 0 Å². The molecule has 0 saturated heterocycles. The number of nitrogens with one attached hydrogen (secondary N) is 1. The van der Waals surface area contributed by atoms with E-state index >= 15 is 0 Å². The van der Waals surface area contributed by atoms with Crippen LogP contribution in [0.2, 0.25) is 0 Å². The van der Waals surface area contributed by atoms with Crippen LogP contribution in [-0.4, -0.2) is 28.9 Å². The standard InChI is InChI=1S/C23H25N3O3/c1-29-22-14-16(10-11-21(22)27)15-24-25-23(28)12-13-26-19-8-4-2-6-17(19)18-7-3-5-9-20(18)26/h2,4,6,8,10-11,14-15,27H,3,5,7,9,12-13H2,1H3,(H,25,28). The average molecular weight is 391 g/mol. The van der Waals surface area contributed by atoms with Crippen LogP contribution in [0.25, 0.3) is 10.9 Å². The number of hydrogen-bond acceptors (Lipinski definition) is 4. The summed E-state index contributed by atoms with van der Waals surface area (Å²) in [5.74, 6) is 0.301. The first-order valence-corrected chi connectivity index (χ1v) is 9.95. The minimum Gasteiger partial charge on any atom is -0.504 e. The normalized spacial score (nSPS) is 13.6. The van der Waals surface area contributed by atoms with Crippen molar-refractivity contribution in [1.29, 1.82) is 0 Å². The molecule has 1 aliphatic carbocycles. The quantitative estimate of drug-likeness (QED) is 0.496. The monoisotopic (exact) mass is 391 g/mol. The van der Waals surface area contributed by atoms with Crippen molar-refractivity contribution in [1.82, 2.24) is 9.99 Å². The Bertz CT molecular complexity index is 1070. The maximum absolute atomic E-state index is 12.3. The molecule has 2 N–H and O–H groups in total. The molecule has 1 amide bonds. The number of benzene rings is 2. The summed E-state index contributed by atoms with van der Waals surface area (Å²) in [4.78, 5) is 12.3. The molecule has 1 aromatic heterocycles. The van der Waals surface area contributed by atoms with E-state index in [4.69, 9.17) is 4.74 Å². The number of nitrogens with zero attached hydrogens (tertiary/aromatic N) is 2. The summed E-state index contributed by atoms with van der Waals surface area (Å²) in [5, 5.41) is 15.0. The highest BCUT2D eigenvalue weighted by Crippen LogP contribution is 2.32. The Hall–Kier alpha value is -3.28. The average Bonchev–Trinajstić information content (AvgIpc) is 3.07. The van der Waals surface area contributed by atoms with Crippen LogP contribution in [0.3, 0.4) is 0 Å². The first kappa shape index (κ1) is 19.1. The largest absolute Gasteiger partial charge is 0.504 e. The molecule has 1 heterocycles. The molecular weight excluding hydrogens is 366 g/mol. The van der Waals surface area contributed by atoms with Gasteiger partial charge in [-0.3, -0.25) is 4.79 Å². The van der Waals surface area contributed by atoms with E-state index in [1.165, 1.54) is 54.4 Å². The highest BCUT2D eigenvalue weighted by molar-refractivity contribution is 5.86. The van der Waals surface area contributed by atoms with Gasteiger partial charge in [0.25, 0.3) is 0 Å². The van der Waals surface area contributed by atoms with Crippen LogP contribution in [-0.2, 0) is 24.2 Å². The Balaban J connectivity index is 1.42. The fourth-order valence-electron chi connectivity index (χ4n) is 4.06. The molecule has 29 heavy (non-hydrogen) atoms. The lowest BCUT2D eigenvalue weighted by Gasteiger charge is -2.15. The lowest BCUT2D eigenvalue weighted by atomic mass is 9.95. The van der Waals surface area contributed by atoms with Crippen LogP contribution in [0.15, 0.2) is 47.6 Å². The molecule has 2 aromatic carbocycles. The third-order valence-electron chi connectivity index (χ3n) is 5.45. The minimum atomic E-state index is -0.130. The minimum absolute atomic E-state index is 0.0657. The van der Waals surface area contributed by atoms with Crippen LogP contribution in [0, 0.1) is 0 Å². The van der Waals surface area contributed by atoms with Crippen molar-refractivity contribution in [2.75, 3.05) is 7.11 Å². The van der Waals surface area contributed by atoms with Crippen LogP contribution in [0.4, 0.5) is 0 Å². The molecule has 3 aromatic rings. The second-order valence-corrected chi connectivity index (χ2v) is 7.28. The van der Waals surface area contributed by atoms with Gasteiger partial charge >= 0.3 is 0 Å². The zero-order valence-electron chi connectivity index (χ0n) is 16.5. The van der Waals surface area contributed by atoms with E-state index in [1.807, 2.05) is 0 Å². The van der Waals surface area contributed by atoms with Gasteiger partial charge in [0.05, 0.1) is 13.3 Å². The van der Waals surface area contributed by atoms with Crippen molar-refractivity contribution in [2.45, 2.75) is 38.6 Å². The smallest absolute Gasteiger partial charge is 0.241 e. The highest BCUT2D eigenvalue weighted by Gasteiger charge is 2.19. The maximum atomic E-state index is 12.3. The summed E-state index contributed by atoms with van der Waals surface area (Å²) in [6.07, 6.45) is 6.53. The zero-order chi connectivity index (χ0) is 20.2. The number of phenolic OH excluding ortho intramolecular Hbond substituents is 1. The number of methoxy groups -OCH3 is 1. The van der Waals surface area contributed by atoms with E-state index in [9.17, 15) is 9.90 Å². The summed E-state index contributed by atoms with van der Waals surface area (Å²) >= 11 is 0. The van der Waals surface area contributed by atoms with Crippen molar-refractivity contribution in [3.8, 4) is 11.5 Å². The van der Waals surface area contributed by atoms with Gasteiger partial charge < -0.3 is 14.4 Å². The van der Waals surface area contributed by atoms with E-state index in [0.717, 1.165) is 18.4 Å². The first-order valence-electron chi connectivity index (χ1n) is 9.95. The Kier molecular flexibility index (Phi) is 5.51. The number of fused-ring (bicyclic) bond motifs is 3. The predicted molar refractivity (Wildman–Crippen MR) is 114 cm³/mol. The van der Waals surface area contributed by atoms with E-state index in [2.05, 4.69) is 39.4 Å². The van der Waals surface area contributed by atoms with Gasteiger partial charge in [0.15, 0.2) is 11.5 Å². The third-order valence-corrected chi connectivity index (χ3v) is 5.45. The number of aryl methyl sites for hydroxylation is 2. The van der Waals surface area contributed by atoms with Gasteiger partial charge in [-0.2, -0.15) is 5.10 Å². The Labute approximate surface area is 169 Å². The van der Waals surface area contributed by atoms with Gasteiger partial charge in [0.1, 0.15) is 0 Å². The third kappa shape index (κ3) is 3.97. The summed E-state index contributed by atoms with van der Waals surface area (Å²) in [5.41, 5.74) is 7.36. The van der Waals surface area contributed by atoms with E-state index in [0.29, 0.717) is 18.7 Å². The van der Waals surface area contributed by atoms with Crippen molar-refractivity contribution in [3.63, 3.8) is 0 Å². The predicted octanol–water partition coefficient (Wildman–Crippen LogP) is 3.77.